The molecule has 2 rings (SSSR count). The van der Waals surface area contributed by atoms with E-state index < -0.39 is 18.6 Å². The van der Waals surface area contributed by atoms with Gasteiger partial charge in [-0.05, 0) is 0 Å². The van der Waals surface area contributed by atoms with Crippen molar-refractivity contribution >= 4 is 0 Å². The summed E-state index contributed by atoms with van der Waals surface area (Å²) in [4.78, 5) is 3.86. The maximum absolute atomic E-state index is 12.1. The molecule has 1 unspecified atom stereocenters. The van der Waals surface area contributed by atoms with Crippen LogP contribution < -0.4 is 5.73 Å². The SMILES string of the molecule is Cn1cc(C(N)c2nc(CCC(F)(F)F)no2)cn1. The van der Waals surface area contributed by atoms with Gasteiger partial charge in [0.25, 0.3) is 0 Å². The molecule has 0 saturated heterocycles. The monoisotopic (exact) mass is 275 g/mol. The fourth-order valence-corrected chi connectivity index (χ4v) is 1.49. The topological polar surface area (TPSA) is 82.8 Å². The Morgan fingerprint density at radius 2 is 2.21 bits per heavy atom. The van der Waals surface area contributed by atoms with E-state index >= 15 is 0 Å². The van der Waals surface area contributed by atoms with Crippen molar-refractivity contribution in [3.05, 3.63) is 29.7 Å². The van der Waals surface area contributed by atoms with Gasteiger partial charge in [0, 0.05) is 25.2 Å². The van der Waals surface area contributed by atoms with Crippen molar-refractivity contribution in [3.63, 3.8) is 0 Å². The first-order chi connectivity index (χ1) is 8.85. The van der Waals surface area contributed by atoms with Crippen LogP contribution in [-0.2, 0) is 13.5 Å². The molecule has 2 N–H and O–H groups in total. The second-order valence-electron chi connectivity index (χ2n) is 4.09. The van der Waals surface area contributed by atoms with Crippen molar-refractivity contribution in [2.24, 2.45) is 12.8 Å². The van der Waals surface area contributed by atoms with Gasteiger partial charge < -0.3 is 10.3 Å². The van der Waals surface area contributed by atoms with Crippen LogP contribution in [0.3, 0.4) is 0 Å². The van der Waals surface area contributed by atoms with Crippen molar-refractivity contribution in [1.82, 2.24) is 19.9 Å². The molecule has 6 nitrogen and oxygen atoms in total. The minimum Gasteiger partial charge on any atom is -0.337 e. The van der Waals surface area contributed by atoms with Gasteiger partial charge >= 0.3 is 6.18 Å². The zero-order valence-electron chi connectivity index (χ0n) is 10.1. The van der Waals surface area contributed by atoms with Crippen molar-refractivity contribution < 1.29 is 17.7 Å². The van der Waals surface area contributed by atoms with Gasteiger partial charge in [0.1, 0.15) is 6.04 Å². The van der Waals surface area contributed by atoms with E-state index in [0.29, 0.717) is 5.56 Å². The summed E-state index contributed by atoms with van der Waals surface area (Å²) in [5.74, 6) is 0.0665. The summed E-state index contributed by atoms with van der Waals surface area (Å²) in [5.41, 5.74) is 6.50. The largest absolute Gasteiger partial charge is 0.389 e. The molecule has 0 saturated carbocycles. The lowest BCUT2D eigenvalue weighted by Crippen LogP contribution is -2.12. The smallest absolute Gasteiger partial charge is 0.337 e. The van der Waals surface area contributed by atoms with Crippen LogP contribution in [0.25, 0.3) is 0 Å². The van der Waals surface area contributed by atoms with E-state index in [0.717, 1.165) is 0 Å². The molecule has 0 spiro atoms. The number of aryl methyl sites for hydroxylation is 2. The number of nitrogens with zero attached hydrogens (tertiary/aromatic N) is 4. The van der Waals surface area contributed by atoms with Crippen molar-refractivity contribution in [2.75, 3.05) is 0 Å². The molecule has 19 heavy (non-hydrogen) atoms. The molecular weight excluding hydrogens is 263 g/mol. The van der Waals surface area contributed by atoms with Crippen LogP contribution in [0.1, 0.15) is 29.7 Å². The molecule has 0 fully saturated rings. The fourth-order valence-electron chi connectivity index (χ4n) is 1.49. The van der Waals surface area contributed by atoms with E-state index in [2.05, 4.69) is 15.2 Å². The van der Waals surface area contributed by atoms with Crippen LogP contribution >= 0.6 is 0 Å². The van der Waals surface area contributed by atoms with Crippen molar-refractivity contribution in [2.45, 2.75) is 25.1 Å². The predicted molar refractivity (Wildman–Crippen MR) is 57.9 cm³/mol. The normalized spacial score (nSPS) is 13.7. The highest BCUT2D eigenvalue weighted by molar-refractivity contribution is 5.16. The Morgan fingerprint density at radius 3 is 2.79 bits per heavy atom. The predicted octanol–water partition coefficient (Wildman–Crippen LogP) is 1.35. The lowest BCUT2D eigenvalue weighted by Gasteiger charge is -2.02. The number of rotatable bonds is 4. The number of halogens is 3. The molecule has 0 aliphatic carbocycles. The van der Waals surface area contributed by atoms with Crippen LogP contribution in [0.15, 0.2) is 16.9 Å². The number of aromatic nitrogens is 4. The number of hydrogen-bond acceptors (Lipinski definition) is 5. The van der Waals surface area contributed by atoms with Gasteiger partial charge in [-0.2, -0.15) is 23.3 Å². The van der Waals surface area contributed by atoms with E-state index in [1.807, 2.05) is 0 Å². The van der Waals surface area contributed by atoms with Gasteiger partial charge in [-0.15, -0.1) is 0 Å². The molecule has 0 radical (unpaired) electrons. The molecule has 2 aromatic heterocycles. The quantitative estimate of drug-likeness (QED) is 0.910. The summed E-state index contributed by atoms with van der Waals surface area (Å²) in [6, 6.07) is -0.694. The van der Waals surface area contributed by atoms with Gasteiger partial charge in [-0.1, -0.05) is 5.16 Å². The second-order valence-corrected chi connectivity index (χ2v) is 4.09. The average Bonchev–Trinajstić information content (AvgIpc) is 2.93. The molecule has 2 aromatic rings. The van der Waals surface area contributed by atoms with Gasteiger partial charge in [-0.3, -0.25) is 4.68 Å². The van der Waals surface area contributed by atoms with Crippen LogP contribution in [0.2, 0.25) is 0 Å². The van der Waals surface area contributed by atoms with E-state index in [1.165, 1.54) is 6.20 Å². The average molecular weight is 275 g/mol. The molecule has 0 bridgehead atoms. The van der Waals surface area contributed by atoms with Gasteiger partial charge in [-0.25, -0.2) is 0 Å². The highest BCUT2D eigenvalue weighted by atomic mass is 19.4. The minimum atomic E-state index is -4.24. The van der Waals surface area contributed by atoms with Crippen LogP contribution in [0, 0.1) is 0 Å². The molecular formula is C10H12F3N5O. The Balaban J connectivity index is 2.04. The molecule has 0 amide bonds. The molecule has 1 atom stereocenters. The van der Waals surface area contributed by atoms with Crippen molar-refractivity contribution in [1.29, 1.82) is 0 Å². The summed E-state index contributed by atoms with van der Waals surface area (Å²) in [6.45, 7) is 0. The maximum atomic E-state index is 12.1. The van der Waals surface area contributed by atoms with Gasteiger partial charge in [0.15, 0.2) is 5.82 Å². The molecule has 0 aliphatic heterocycles. The zero-order valence-corrected chi connectivity index (χ0v) is 10.1. The Hall–Kier alpha value is -1.90. The second kappa shape index (κ2) is 5.00. The molecule has 0 aliphatic rings. The van der Waals surface area contributed by atoms with Gasteiger partial charge in [0.2, 0.25) is 5.89 Å². The van der Waals surface area contributed by atoms with E-state index in [4.69, 9.17) is 10.3 Å². The third-order valence-electron chi connectivity index (χ3n) is 2.47. The highest BCUT2D eigenvalue weighted by Crippen LogP contribution is 2.22. The number of nitrogens with two attached hydrogens (primary N) is 1. The Morgan fingerprint density at radius 1 is 1.47 bits per heavy atom. The summed E-state index contributed by atoms with van der Waals surface area (Å²) < 4.78 is 42.6. The molecule has 0 aromatic carbocycles. The van der Waals surface area contributed by atoms with Crippen LogP contribution in [0.4, 0.5) is 13.2 Å². The fraction of sp³-hybridized carbons (Fsp3) is 0.500. The zero-order chi connectivity index (χ0) is 14.0. The number of hydrogen-bond donors (Lipinski definition) is 1. The first-order valence-electron chi connectivity index (χ1n) is 5.48. The maximum Gasteiger partial charge on any atom is 0.389 e. The van der Waals surface area contributed by atoms with Gasteiger partial charge in [0.05, 0.1) is 12.6 Å². The highest BCUT2D eigenvalue weighted by Gasteiger charge is 2.28. The standard InChI is InChI=1S/C10H12F3N5O/c1-18-5-6(4-15-18)8(14)9-16-7(17-19-9)2-3-10(11,12)13/h4-5,8H,2-3,14H2,1H3. The van der Waals surface area contributed by atoms with E-state index in [9.17, 15) is 13.2 Å². The van der Waals surface area contributed by atoms with E-state index in [-0.39, 0.29) is 18.1 Å². The summed E-state index contributed by atoms with van der Waals surface area (Å²) >= 11 is 0. The van der Waals surface area contributed by atoms with Crippen molar-refractivity contribution in [3.8, 4) is 0 Å². The Labute approximate surface area is 106 Å². The molecule has 9 heteroatoms. The minimum absolute atomic E-state index is 0.00772. The molecule has 2 heterocycles. The summed E-state index contributed by atoms with van der Waals surface area (Å²) in [5, 5.41) is 7.42. The Bertz CT molecular complexity index is 547. The third-order valence-corrected chi connectivity index (χ3v) is 2.47. The van der Waals surface area contributed by atoms with Crippen LogP contribution in [0.5, 0.6) is 0 Å². The molecule has 104 valence electrons. The third kappa shape index (κ3) is 3.53. The summed E-state index contributed by atoms with van der Waals surface area (Å²) in [7, 11) is 1.72. The first kappa shape index (κ1) is 13.5. The summed E-state index contributed by atoms with van der Waals surface area (Å²) in [6.07, 6.45) is -2.36. The Kier molecular flexibility index (Phi) is 3.56. The lowest BCUT2D eigenvalue weighted by molar-refractivity contribution is -0.134. The van der Waals surface area contributed by atoms with Crippen LogP contribution in [-0.4, -0.2) is 26.1 Å². The first-order valence-corrected chi connectivity index (χ1v) is 5.48. The lowest BCUT2D eigenvalue weighted by atomic mass is 10.2. The van der Waals surface area contributed by atoms with E-state index in [1.54, 1.807) is 17.9 Å². The number of alkyl halides is 3.